The average molecular weight is 215 g/mol. The van der Waals surface area contributed by atoms with E-state index in [9.17, 15) is 0 Å². The minimum atomic E-state index is 0.743. The van der Waals surface area contributed by atoms with Crippen LogP contribution in [0.4, 0.5) is 0 Å². The smallest absolute Gasteiger partial charge is 0.00673 e. The Morgan fingerprint density at radius 2 is 2.00 bits per heavy atom. The van der Waals surface area contributed by atoms with Crippen LogP contribution in [0.25, 0.3) is 0 Å². The highest BCUT2D eigenvalue weighted by Crippen LogP contribution is 2.26. The molecule has 1 atom stereocenters. The van der Waals surface area contributed by atoms with E-state index in [1.807, 2.05) is 11.8 Å². The van der Waals surface area contributed by atoms with Crippen LogP contribution in [0.15, 0.2) is 0 Å². The van der Waals surface area contributed by atoms with E-state index in [0.29, 0.717) is 0 Å². The monoisotopic (exact) mass is 215 g/mol. The summed E-state index contributed by atoms with van der Waals surface area (Å²) >= 11 is 2.03. The predicted molar refractivity (Wildman–Crippen MR) is 67.0 cm³/mol. The van der Waals surface area contributed by atoms with Crippen LogP contribution in [-0.2, 0) is 0 Å². The minimum absolute atomic E-state index is 0.743. The van der Waals surface area contributed by atoms with Crippen molar-refractivity contribution in [3.05, 3.63) is 0 Å². The van der Waals surface area contributed by atoms with Gasteiger partial charge in [-0.05, 0) is 31.4 Å². The lowest BCUT2D eigenvalue weighted by molar-refractivity contribution is 0.285. The number of hydrogen-bond acceptors (Lipinski definition) is 2. The van der Waals surface area contributed by atoms with Gasteiger partial charge in [-0.25, -0.2) is 0 Å². The second-order valence-corrected chi connectivity index (χ2v) is 5.73. The summed E-state index contributed by atoms with van der Waals surface area (Å²) in [5.41, 5.74) is 0. The predicted octanol–water partition coefficient (Wildman–Crippen LogP) is 3.30. The Morgan fingerprint density at radius 1 is 1.29 bits per heavy atom. The largest absolute Gasteiger partial charge is 0.313 e. The normalized spacial score (nSPS) is 21.0. The van der Waals surface area contributed by atoms with Crippen molar-refractivity contribution in [2.75, 3.05) is 18.1 Å². The summed E-state index contributed by atoms with van der Waals surface area (Å²) < 4.78 is 0. The molecule has 0 heterocycles. The quantitative estimate of drug-likeness (QED) is 0.682. The first-order valence-corrected chi connectivity index (χ1v) is 7.31. The van der Waals surface area contributed by atoms with Gasteiger partial charge in [-0.2, -0.15) is 11.8 Å². The Kier molecular flexibility index (Phi) is 6.70. The van der Waals surface area contributed by atoms with Gasteiger partial charge in [0.05, 0.1) is 0 Å². The molecule has 0 aromatic heterocycles. The van der Waals surface area contributed by atoms with Gasteiger partial charge in [0.2, 0.25) is 0 Å². The number of hydrogen-bond donors (Lipinski definition) is 1. The summed E-state index contributed by atoms with van der Waals surface area (Å²) in [4.78, 5) is 0. The lowest BCUT2D eigenvalue weighted by atomic mass is 9.84. The first-order valence-electron chi connectivity index (χ1n) is 6.15. The fourth-order valence-electron chi connectivity index (χ4n) is 2.30. The maximum atomic E-state index is 3.67. The van der Waals surface area contributed by atoms with E-state index < -0.39 is 0 Å². The Hall–Kier alpha value is 0.310. The standard InChI is InChI=1S/C12H25NS/c1-3-14-10-9-13-11(2)12-7-5-4-6-8-12/h11-13H,3-10H2,1-2H3. The minimum Gasteiger partial charge on any atom is -0.313 e. The summed E-state index contributed by atoms with van der Waals surface area (Å²) in [7, 11) is 0. The molecular weight excluding hydrogens is 190 g/mol. The van der Waals surface area contributed by atoms with Crippen LogP contribution in [0.1, 0.15) is 46.0 Å². The van der Waals surface area contributed by atoms with Crippen molar-refractivity contribution >= 4 is 11.8 Å². The molecular formula is C12H25NS. The first kappa shape index (κ1) is 12.4. The summed E-state index contributed by atoms with van der Waals surface area (Å²) in [6.45, 7) is 5.79. The molecule has 1 aliphatic rings. The topological polar surface area (TPSA) is 12.0 Å². The molecule has 1 saturated carbocycles. The van der Waals surface area contributed by atoms with Crippen LogP contribution in [0.5, 0.6) is 0 Å². The second-order valence-electron chi connectivity index (χ2n) is 4.34. The summed E-state index contributed by atoms with van der Waals surface area (Å²) in [6, 6.07) is 0.743. The van der Waals surface area contributed by atoms with Crippen molar-refractivity contribution in [3.63, 3.8) is 0 Å². The Morgan fingerprint density at radius 3 is 2.64 bits per heavy atom. The van der Waals surface area contributed by atoms with Gasteiger partial charge < -0.3 is 5.32 Å². The average Bonchev–Trinajstić information content (AvgIpc) is 2.25. The highest BCUT2D eigenvalue weighted by molar-refractivity contribution is 7.99. The molecule has 2 heteroatoms. The molecule has 0 radical (unpaired) electrons. The molecule has 1 nitrogen and oxygen atoms in total. The maximum Gasteiger partial charge on any atom is 0.00673 e. The van der Waals surface area contributed by atoms with Gasteiger partial charge in [-0.3, -0.25) is 0 Å². The molecule has 1 N–H and O–H groups in total. The maximum absolute atomic E-state index is 3.67. The van der Waals surface area contributed by atoms with Crippen molar-refractivity contribution < 1.29 is 0 Å². The summed E-state index contributed by atoms with van der Waals surface area (Å²) in [6.07, 6.45) is 7.29. The number of nitrogens with one attached hydrogen (secondary N) is 1. The second kappa shape index (κ2) is 7.58. The molecule has 1 aliphatic carbocycles. The Labute approximate surface area is 93.4 Å². The van der Waals surface area contributed by atoms with Gasteiger partial charge in [-0.15, -0.1) is 0 Å². The molecule has 84 valence electrons. The van der Waals surface area contributed by atoms with Gasteiger partial charge in [-0.1, -0.05) is 26.2 Å². The molecule has 0 aromatic carbocycles. The van der Waals surface area contributed by atoms with E-state index >= 15 is 0 Å². The molecule has 14 heavy (non-hydrogen) atoms. The number of rotatable bonds is 6. The lowest BCUT2D eigenvalue weighted by Gasteiger charge is -2.28. The van der Waals surface area contributed by atoms with Crippen LogP contribution < -0.4 is 5.32 Å². The van der Waals surface area contributed by atoms with Crippen molar-refractivity contribution in [2.24, 2.45) is 5.92 Å². The number of thioether (sulfide) groups is 1. The Balaban J connectivity index is 2.04. The summed E-state index contributed by atoms with van der Waals surface area (Å²) in [5, 5.41) is 3.67. The van der Waals surface area contributed by atoms with Crippen molar-refractivity contribution in [3.8, 4) is 0 Å². The van der Waals surface area contributed by atoms with Crippen LogP contribution in [-0.4, -0.2) is 24.1 Å². The van der Waals surface area contributed by atoms with E-state index in [1.54, 1.807) is 0 Å². The molecule has 0 aromatic rings. The van der Waals surface area contributed by atoms with Crippen LogP contribution >= 0.6 is 11.8 Å². The highest BCUT2D eigenvalue weighted by Gasteiger charge is 2.18. The molecule has 0 aliphatic heterocycles. The van der Waals surface area contributed by atoms with Crippen LogP contribution in [0.2, 0.25) is 0 Å². The van der Waals surface area contributed by atoms with Gasteiger partial charge >= 0.3 is 0 Å². The first-order chi connectivity index (χ1) is 6.84. The molecule has 1 rings (SSSR count). The Bertz CT molecular complexity index is 132. The molecule has 0 bridgehead atoms. The van der Waals surface area contributed by atoms with E-state index in [-0.39, 0.29) is 0 Å². The third-order valence-electron chi connectivity index (χ3n) is 3.27. The van der Waals surface area contributed by atoms with E-state index in [4.69, 9.17) is 0 Å². The highest BCUT2D eigenvalue weighted by atomic mass is 32.2. The third-order valence-corrected chi connectivity index (χ3v) is 4.17. The molecule has 0 spiro atoms. The van der Waals surface area contributed by atoms with Crippen molar-refractivity contribution in [1.29, 1.82) is 0 Å². The SMILES string of the molecule is CCSCCNC(C)C1CCCCC1. The van der Waals surface area contributed by atoms with Crippen molar-refractivity contribution in [2.45, 2.75) is 52.0 Å². The van der Waals surface area contributed by atoms with Gasteiger partial charge in [0.15, 0.2) is 0 Å². The van der Waals surface area contributed by atoms with Crippen LogP contribution in [0, 0.1) is 5.92 Å². The zero-order valence-electron chi connectivity index (χ0n) is 9.72. The zero-order chi connectivity index (χ0) is 10.2. The molecule has 1 fully saturated rings. The van der Waals surface area contributed by atoms with Gasteiger partial charge in [0.25, 0.3) is 0 Å². The fourth-order valence-corrected chi connectivity index (χ4v) is 2.85. The van der Waals surface area contributed by atoms with Gasteiger partial charge in [0, 0.05) is 18.3 Å². The third kappa shape index (κ3) is 4.70. The summed E-state index contributed by atoms with van der Waals surface area (Å²) in [5.74, 6) is 3.47. The van der Waals surface area contributed by atoms with E-state index in [0.717, 1.165) is 12.0 Å². The lowest BCUT2D eigenvalue weighted by Crippen LogP contribution is -2.35. The van der Waals surface area contributed by atoms with Gasteiger partial charge in [0.1, 0.15) is 0 Å². The van der Waals surface area contributed by atoms with Crippen molar-refractivity contribution in [1.82, 2.24) is 5.32 Å². The zero-order valence-corrected chi connectivity index (χ0v) is 10.5. The molecule has 0 saturated heterocycles. The van der Waals surface area contributed by atoms with Crippen LogP contribution in [0.3, 0.4) is 0 Å². The van der Waals surface area contributed by atoms with E-state index in [2.05, 4.69) is 19.2 Å². The molecule has 1 unspecified atom stereocenters. The molecule has 0 amide bonds. The fraction of sp³-hybridized carbons (Fsp3) is 1.00. The van der Waals surface area contributed by atoms with E-state index in [1.165, 1.54) is 50.2 Å².